The molecule has 0 aromatic heterocycles. The van der Waals surface area contributed by atoms with Crippen molar-refractivity contribution in [3.05, 3.63) is 59.2 Å². The Morgan fingerprint density at radius 2 is 1.88 bits per heavy atom. The molecular weight excluding hydrogens is 320 g/mol. The number of fused-ring (bicyclic) bond motifs is 3. The van der Waals surface area contributed by atoms with Crippen LogP contribution in [0.1, 0.15) is 41.4 Å². The molecule has 2 aromatic carbocycles. The van der Waals surface area contributed by atoms with Gasteiger partial charge in [0.25, 0.3) is 0 Å². The van der Waals surface area contributed by atoms with Gasteiger partial charge in [-0.05, 0) is 31.6 Å². The molecule has 4 rings (SSSR count). The number of carbonyl (C=O) groups is 1. The van der Waals surface area contributed by atoms with Gasteiger partial charge in [-0.3, -0.25) is 4.79 Å². The zero-order chi connectivity index (χ0) is 17.8. The predicted molar refractivity (Wildman–Crippen MR) is 92.0 cm³/mol. The van der Waals surface area contributed by atoms with Crippen molar-refractivity contribution in [2.75, 3.05) is 0 Å². The second-order valence-corrected chi connectivity index (χ2v) is 6.81. The van der Waals surface area contributed by atoms with E-state index in [1.165, 1.54) is 6.07 Å². The lowest BCUT2D eigenvalue weighted by molar-refractivity contribution is 0.0207. The molecule has 2 aliphatic rings. The summed E-state index contributed by atoms with van der Waals surface area (Å²) in [5.74, 6) is -0.130. The number of Topliss-reactive ketones (excluding diaryl/α,β-unsaturated/α-hetero) is 1. The second kappa shape index (κ2) is 5.36. The molecule has 2 aromatic rings. The van der Waals surface area contributed by atoms with Gasteiger partial charge in [-0.25, -0.2) is 0 Å². The molecule has 0 spiro atoms. The first-order valence-electron chi connectivity index (χ1n) is 8.09. The summed E-state index contributed by atoms with van der Waals surface area (Å²) in [5, 5.41) is 20.7. The van der Waals surface area contributed by atoms with E-state index in [9.17, 15) is 15.0 Å². The van der Waals surface area contributed by atoms with Crippen LogP contribution in [0, 0.1) is 0 Å². The smallest absolute Gasteiger partial charge is 0.202 e. The number of aromatic hydroxyl groups is 1. The molecule has 2 aliphatic heterocycles. The average Bonchev–Trinajstić information content (AvgIpc) is 2.57. The normalized spacial score (nSPS) is 23.2. The Bertz CT molecular complexity index is 883. The number of benzene rings is 2. The minimum absolute atomic E-state index is 0.00797. The maximum Gasteiger partial charge on any atom is 0.202 e. The van der Waals surface area contributed by atoms with Gasteiger partial charge in [-0.1, -0.05) is 30.3 Å². The van der Waals surface area contributed by atoms with Crippen molar-refractivity contribution in [1.82, 2.24) is 0 Å². The minimum Gasteiger partial charge on any atom is -0.507 e. The molecule has 128 valence electrons. The first-order chi connectivity index (χ1) is 11.9. The number of ketones is 1. The first kappa shape index (κ1) is 15.7. The number of ether oxygens (including phenoxy) is 2. The number of hydrogen-bond acceptors (Lipinski definition) is 5. The number of phenolic OH excluding ortho intramolecular Hbond substituents is 1. The molecule has 0 bridgehead atoms. The van der Waals surface area contributed by atoms with Gasteiger partial charge >= 0.3 is 0 Å². The highest BCUT2D eigenvalue weighted by molar-refractivity contribution is 6.07. The van der Waals surface area contributed by atoms with E-state index in [-0.39, 0.29) is 17.1 Å². The Labute approximate surface area is 145 Å². The molecule has 0 unspecified atom stereocenters. The lowest BCUT2D eigenvalue weighted by atomic mass is 9.90. The van der Waals surface area contributed by atoms with Crippen LogP contribution in [0.3, 0.4) is 0 Å². The van der Waals surface area contributed by atoms with Gasteiger partial charge in [0.05, 0.1) is 5.56 Å². The van der Waals surface area contributed by atoms with Crippen molar-refractivity contribution >= 4 is 11.9 Å². The van der Waals surface area contributed by atoms with Gasteiger partial charge in [-0.2, -0.15) is 0 Å². The van der Waals surface area contributed by atoms with Crippen molar-refractivity contribution < 1.29 is 24.5 Å². The summed E-state index contributed by atoms with van der Waals surface area (Å²) in [6.45, 7) is 3.79. The maximum atomic E-state index is 12.7. The van der Waals surface area contributed by atoms with E-state index in [4.69, 9.17) is 9.47 Å². The number of aliphatic hydroxyl groups excluding tert-OH is 1. The fourth-order valence-corrected chi connectivity index (χ4v) is 3.21. The summed E-state index contributed by atoms with van der Waals surface area (Å²) < 4.78 is 11.9. The largest absolute Gasteiger partial charge is 0.507 e. The van der Waals surface area contributed by atoms with Gasteiger partial charge in [0.1, 0.15) is 28.4 Å². The Balaban J connectivity index is 1.88. The van der Waals surface area contributed by atoms with Crippen LogP contribution in [0.2, 0.25) is 0 Å². The Kier molecular flexibility index (Phi) is 3.37. The molecule has 5 heteroatoms. The van der Waals surface area contributed by atoms with Crippen LogP contribution in [0.4, 0.5) is 0 Å². The molecule has 2 N–H and O–H groups in total. The number of rotatable bonds is 1. The van der Waals surface area contributed by atoms with Crippen LogP contribution in [0.15, 0.2) is 42.5 Å². The Morgan fingerprint density at radius 1 is 1.16 bits per heavy atom. The van der Waals surface area contributed by atoms with Crippen LogP contribution in [0.25, 0.3) is 6.08 Å². The predicted octanol–water partition coefficient (Wildman–Crippen LogP) is 3.25. The van der Waals surface area contributed by atoms with Gasteiger partial charge < -0.3 is 19.7 Å². The van der Waals surface area contributed by atoms with Crippen molar-refractivity contribution in [3.8, 4) is 17.2 Å². The van der Waals surface area contributed by atoms with Gasteiger partial charge in [0.15, 0.2) is 12.2 Å². The average molecular weight is 338 g/mol. The highest BCUT2D eigenvalue weighted by Gasteiger charge is 2.41. The fraction of sp³-hybridized carbons (Fsp3) is 0.250. The van der Waals surface area contributed by atoms with Gasteiger partial charge in [0.2, 0.25) is 5.78 Å². The number of phenols is 1. The quantitative estimate of drug-likeness (QED) is 0.835. The Morgan fingerprint density at radius 3 is 2.60 bits per heavy atom. The summed E-state index contributed by atoms with van der Waals surface area (Å²) >= 11 is 0. The van der Waals surface area contributed by atoms with Gasteiger partial charge in [0, 0.05) is 6.07 Å². The molecule has 0 amide bonds. The summed E-state index contributed by atoms with van der Waals surface area (Å²) in [5.41, 5.74) is 0.747. The molecule has 0 radical (unpaired) electrons. The lowest BCUT2D eigenvalue weighted by Crippen LogP contribution is -2.37. The number of aliphatic hydroxyl groups is 1. The van der Waals surface area contributed by atoms with Crippen molar-refractivity contribution in [3.63, 3.8) is 0 Å². The fourth-order valence-electron chi connectivity index (χ4n) is 3.21. The zero-order valence-corrected chi connectivity index (χ0v) is 13.9. The topological polar surface area (TPSA) is 76.0 Å². The molecule has 25 heavy (non-hydrogen) atoms. The molecule has 5 nitrogen and oxygen atoms in total. The summed E-state index contributed by atoms with van der Waals surface area (Å²) in [7, 11) is 0. The highest BCUT2D eigenvalue weighted by atomic mass is 16.5. The van der Waals surface area contributed by atoms with Crippen LogP contribution in [-0.4, -0.2) is 27.7 Å². The molecule has 0 aliphatic carbocycles. The molecule has 2 heterocycles. The summed E-state index contributed by atoms with van der Waals surface area (Å²) in [6, 6.07) is 10.5. The van der Waals surface area contributed by atoms with Crippen LogP contribution < -0.4 is 9.47 Å². The zero-order valence-electron chi connectivity index (χ0n) is 13.9. The third-order valence-corrected chi connectivity index (χ3v) is 4.46. The second-order valence-electron chi connectivity index (χ2n) is 6.81. The maximum absolute atomic E-state index is 12.7. The van der Waals surface area contributed by atoms with E-state index in [0.29, 0.717) is 16.9 Å². The van der Waals surface area contributed by atoms with E-state index in [2.05, 4.69) is 0 Å². The van der Waals surface area contributed by atoms with E-state index < -0.39 is 23.6 Å². The molecule has 0 fully saturated rings. The van der Waals surface area contributed by atoms with E-state index in [1.54, 1.807) is 12.1 Å². The van der Waals surface area contributed by atoms with E-state index >= 15 is 0 Å². The van der Waals surface area contributed by atoms with Crippen molar-refractivity contribution in [1.29, 1.82) is 0 Å². The van der Waals surface area contributed by atoms with Crippen molar-refractivity contribution in [2.24, 2.45) is 0 Å². The van der Waals surface area contributed by atoms with E-state index in [1.807, 2.05) is 44.2 Å². The molecular formula is C20H18O5. The third-order valence-electron chi connectivity index (χ3n) is 4.46. The van der Waals surface area contributed by atoms with Crippen LogP contribution in [0.5, 0.6) is 17.2 Å². The number of carbonyl (C=O) groups excluding carboxylic acids is 1. The molecule has 0 saturated carbocycles. The molecule has 0 saturated heterocycles. The third kappa shape index (κ3) is 2.48. The standard InChI is InChI=1S/C20H18O5/c1-20(2)9-8-12-14(25-20)10-13(21)15-16(22)17(23)18(24-19(12)15)11-6-4-3-5-7-11/h3-10,17-18,21,23H,1-2H3/t17-,18+/m0/s1. The SMILES string of the molecule is CC1(C)C=Cc2c(cc(O)c3c2O[C@H](c2ccccc2)[C@@H](O)C3=O)O1. The minimum atomic E-state index is -1.39. The number of hydrogen-bond donors (Lipinski definition) is 2. The molecule has 2 atom stereocenters. The summed E-state index contributed by atoms with van der Waals surface area (Å²) in [6.07, 6.45) is 1.46. The van der Waals surface area contributed by atoms with Gasteiger partial charge in [-0.15, -0.1) is 0 Å². The van der Waals surface area contributed by atoms with Crippen molar-refractivity contribution in [2.45, 2.75) is 31.7 Å². The highest BCUT2D eigenvalue weighted by Crippen LogP contribution is 2.48. The Hall–Kier alpha value is -2.79. The lowest BCUT2D eigenvalue weighted by Gasteiger charge is -2.34. The van der Waals surface area contributed by atoms with Crippen LogP contribution in [-0.2, 0) is 0 Å². The first-order valence-corrected chi connectivity index (χ1v) is 8.09. The van der Waals surface area contributed by atoms with E-state index in [0.717, 1.165) is 0 Å². The monoisotopic (exact) mass is 338 g/mol. The summed E-state index contributed by atoms with van der Waals surface area (Å²) in [4.78, 5) is 12.7. The van der Waals surface area contributed by atoms with Crippen LogP contribution >= 0.6 is 0 Å².